The first-order valence-corrected chi connectivity index (χ1v) is 7.64. The number of nitrogens with zero attached hydrogens (tertiary/aromatic N) is 2. The van der Waals surface area contributed by atoms with Crippen molar-refractivity contribution in [3.05, 3.63) is 32.6 Å². The van der Waals surface area contributed by atoms with Crippen molar-refractivity contribution in [2.45, 2.75) is 31.8 Å². The third-order valence-corrected chi connectivity index (χ3v) is 5.23. The van der Waals surface area contributed by atoms with Crippen molar-refractivity contribution in [2.75, 3.05) is 13.1 Å². The Morgan fingerprint density at radius 1 is 1.41 bits per heavy atom. The largest absolute Gasteiger partial charge is 0.387 e. The number of aromatic amines is 1. The number of H-pyrrole nitrogens is 1. The van der Waals surface area contributed by atoms with Crippen molar-refractivity contribution in [1.29, 1.82) is 0 Å². The lowest BCUT2D eigenvalue weighted by atomic mass is 9.69. The van der Waals surface area contributed by atoms with E-state index in [1.807, 2.05) is 6.92 Å². The lowest BCUT2D eigenvalue weighted by molar-refractivity contribution is -0.0660. The number of nitrogens with one attached hydrogen (secondary N) is 1. The number of rotatable bonds is 2. The third kappa shape index (κ3) is 2.20. The van der Waals surface area contributed by atoms with Gasteiger partial charge in [-0.2, -0.15) is 0 Å². The molecule has 1 aliphatic carbocycles. The molecular formula is C15H21N3O4. The van der Waals surface area contributed by atoms with Crippen molar-refractivity contribution in [1.82, 2.24) is 14.5 Å². The van der Waals surface area contributed by atoms with Crippen LogP contribution in [0.25, 0.3) is 0 Å². The second kappa shape index (κ2) is 5.08. The van der Waals surface area contributed by atoms with Crippen LogP contribution in [0.15, 0.2) is 15.8 Å². The molecule has 3 rings (SSSR count). The molecule has 0 aromatic carbocycles. The number of aryl methyl sites for hydroxylation is 1. The molecule has 0 radical (unpaired) electrons. The quantitative estimate of drug-likeness (QED) is 0.784. The summed E-state index contributed by atoms with van der Waals surface area (Å²) < 4.78 is 1.17. The molecule has 22 heavy (non-hydrogen) atoms. The number of aromatic nitrogens is 2. The maximum atomic E-state index is 12.6. The zero-order valence-electron chi connectivity index (χ0n) is 12.8. The number of hydrogen-bond donors (Lipinski definition) is 2. The van der Waals surface area contributed by atoms with Crippen LogP contribution in [0.1, 0.15) is 36.5 Å². The molecule has 7 heteroatoms. The molecule has 1 saturated heterocycles. The molecule has 7 nitrogen and oxygen atoms in total. The van der Waals surface area contributed by atoms with E-state index in [4.69, 9.17) is 0 Å². The molecule has 1 aromatic heterocycles. The van der Waals surface area contributed by atoms with Crippen molar-refractivity contribution < 1.29 is 9.90 Å². The van der Waals surface area contributed by atoms with Gasteiger partial charge in [0.25, 0.3) is 11.5 Å². The average Bonchev–Trinajstić information content (AvgIpc) is 2.67. The third-order valence-electron chi connectivity index (χ3n) is 5.23. The fraction of sp³-hybridized carbons (Fsp3) is 0.667. The highest BCUT2D eigenvalue weighted by atomic mass is 16.3. The Balaban J connectivity index is 1.86. The van der Waals surface area contributed by atoms with Gasteiger partial charge in [0.15, 0.2) is 0 Å². The predicted molar refractivity (Wildman–Crippen MR) is 79.7 cm³/mol. The van der Waals surface area contributed by atoms with Crippen molar-refractivity contribution in [3.8, 4) is 0 Å². The van der Waals surface area contributed by atoms with Crippen molar-refractivity contribution in [2.24, 2.45) is 18.9 Å². The highest BCUT2D eigenvalue weighted by molar-refractivity contribution is 5.93. The van der Waals surface area contributed by atoms with Crippen LogP contribution in [-0.4, -0.2) is 44.2 Å². The highest BCUT2D eigenvalue weighted by Crippen LogP contribution is 2.44. The van der Waals surface area contributed by atoms with Gasteiger partial charge in [0.1, 0.15) is 5.56 Å². The van der Waals surface area contributed by atoms with E-state index in [9.17, 15) is 19.5 Å². The zero-order valence-corrected chi connectivity index (χ0v) is 12.8. The average molecular weight is 307 g/mol. The first kappa shape index (κ1) is 15.0. The van der Waals surface area contributed by atoms with Gasteiger partial charge in [0, 0.05) is 25.7 Å². The highest BCUT2D eigenvalue weighted by Gasteiger charge is 2.51. The number of likely N-dealkylation sites (tertiary alicyclic amines) is 1. The summed E-state index contributed by atoms with van der Waals surface area (Å²) in [6.07, 6.45) is 4.36. The SMILES string of the molecule is C[C@@H]1CN(C(=O)c2cn(C)c(=O)[nH]c2=O)C[C@@]1(O)C1CCC1. The summed E-state index contributed by atoms with van der Waals surface area (Å²) in [7, 11) is 1.48. The van der Waals surface area contributed by atoms with Gasteiger partial charge in [0.05, 0.1) is 12.1 Å². The molecule has 2 fully saturated rings. The van der Waals surface area contributed by atoms with E-state index in [-0.39, 0.29) is 23.9 Å². The molecule has 2 atom stereocenters. The van der Waals surface area contributed by atoms with Crippen LogP contribution in [0.2, 0.25) is 0 Å². The Labute approximate surface area is 127 Å². The van der Waals surface area contributed by atoms with Crippen LogP contribution in [0.5, 0.6) is 0 Å². The molecule has 0 unspecified atom stereocenters. The van der Waals surface area contributed by atoms with Crippen molar-refractivity contribution in [3.63, 3.8) is 0 Å². The zero-order chi connectivity index (χ0) is 16.1. The molecule has 2 aliphatic rings. The van der Waals surface area contributed by atoms with E-state index >= 15 is 0 Å². The van der Waals surface area contributed by atoms with E-state index in [0.29, 0.717) is 6.54 Å². The molecule has 0 spiro atoms. The summed E-state index contributed by atoms with van der Waals surface area (Å²) in [5, 5.41) is 10.9. The molecule has 2 N–H and O–H groups in total. The minimum atomic E-state index is -0.860. The second-order valence-electron chi connectivity index (χ2n) is 6.62. The number of hydrogen-bond acceptors (Lipinski definition) is 4. The normalized spacial score (nSPS) is 28.7. The molecule has 0 bridgehead atoms. The van der Waals surface area contributed by atoms with Crippen LogP contribution in [0.4, 0.5) is 0 Å². The monoisotopic (exact) mass is 307 g/mol. The summed E-state index contributed by atoms with van der Waals surface area (Å²) in [5.74, 6) is -0.217. The Morgan fingerprint density at radius 3 is 2.68 bits per heavy atom. The lowest BCUT2D eigenvalue weighted by Crippen LogP contribution is -2.48. The van der Waals surface area contributed by atoms with Crippen LogP contribution in [0, 0.1) is 11.8 Å². The number of carbonyl (C=O) groups is 1. The van der Waals surface area contributed by atoms with Gasteiger partial charge in [-0.25, -0.2) is 4.79 Å². The predicted octanol–water partition coefficient (Wildman–Crippen LogP) is -0.303. The Bertz CT molecular complexity index is 718. The Morgan fingerprint density at radius 2 is 2.09 bits per heavy atom. The van der Waals surface area contributed by atoms with E-state index in [2.05, 4.69) is 4.98 Å². The molecule has 120 valence electrons. The maximum Gasteiger partial charge on any atom is 0.328 e. The molecular weight excluding hydrogens is 286 g/mol. The summed E-state index contributed by atoms with van der Waals surface area (Å²) in [5.41, 5.74) is -2.16. The number of aliphatic hydroxyl groups is 1. The number of amides is 1. The van der Waals surface area contributed by atoms with Gasteiger partial charge in [-0.15, -0.1) is 0 Å². The first-order valence-electron chi connectivity index (χ1n) is 7.64. The topological polar surface area (TPSA) is 95.4 Å². The molecule has 1 aliphatic heterocycles. The van der Waals surface area contributed by atoms with E-state index < -0.39 is 22.8 Å². The molecule has 1 saturated carbocycles. The lowest BCUT2D eigenvalue weighted by Gasteiger charge is -2.41. The molecule has 1 amide bonds. The summed E-state index contributed by atoms with van der Waals surface area (Å²) >= 11 is 0. The van der Waals surface area contributed by atoms with Crippen LogP contribution in [-0.2, 0) is 7.05 Å². The van der Waals surface area contributed by atoms with E-state index in [1.54, 1.807) is 0 Å². The van der Waals surface area contributed by atoms with Gasteiger partial charge in [-0.05, 0) is 18.8 Å². The van der Waals surface area contributed by atoms with Gasteiger partial charge in [0.2, 0.25) is 0 Å². The van der Waals surface area contributed by atoms with Crippen LogP contribution < -0.4 is 11.2 Å². The number of carbonyl (C=O) groups excluding carboxylic acids is 1. The van der Waals surface area contributed by atoms with E-state index in [1.165, 1.54) is 22.7 Å². The minimum Gasteiger partial charge on any atom is -0.387 e. The summed E-state index contributed by atoms with van der Waals surface area (Å²) in [4.78, 5) is 39.5. The van der Waals surface area contributed by atoms with Gasteiger partial charge in [-0.1, -0.05) is 13.3 Å². The van der Waals surface area contributed by atoms with Crippen LogP contribution in [0.3, 0.4) is 0 Å². The smallest absolute Gasteiger partial charge is 0.328 e. The van der Waals surface area contributed by atoms with Gasteiger partial charge in [-0.3, -0.25) is 14.6 Å². The van der Waals surface area contributed by atoms with Crippen molar-refractivity contribution >= 4 is 5.91 Å². The minimum absolute atomic E-state index is 0.0200. The first-order chi connectivity index (χ1) is 10.3. The molecule has 2 heterocycles. The van der Waals surface area contributed by atoms with Gasteiger partial charge >= 0.3 is 5.69 Å². The van der Waals surface area contributed by atoms with Crippen LogP contribution >= 0.6 is 0 Å². The Kier molecular flexibility index (Phi) is 3.47. The Hall–Kier alpha value is -1.89. The number of β-amino-alcohol motifs (C(OH)–C–C–N with tert-alkyl or cyclic N) is 1. The van der Waals surface area contributed by atoms with Gasteiger partial charge < -0.3 is 14.6 Å². The fourth-order valence-corrected chi connectivity index (χ4v) is 3.50. The second-order valence-corrected chi connectivity index (χ2v) is 6.62. The maximum absolute atomic E-state index is 12.6. The molecule has 1 aromatic rings. The van der Waals surface area contributed by atoms with E-state index in [0.717, 1.165) is 19.3 Å². The summed E-state index contributed by atoms with van der Waals surface area (Å²) in [6.45, 7) is 2.62. The standard InChI is InChI=1S/C15H21N3O4/c1-9-6-18(8-15(9,22)10-4-3-5-10)13(20)11-7-17(2)14(21)16-12(11)19/h7,9-10,22H,3-6,8H2,1-2H3,(H,16,19,21)/t9-,15+/m1/s1. The fourth-order valence-electron chi connectivity index (χ4n) is 3.50. The summed E-state index contributed by atoms with van der Waals surface area (Å²) in [6, 6.07) is 0.